The maximum atomic E-state index is 14.1. The van der Waals surface area contributed by atoms with Gasteiger partial charge in [0.05, 0.1) is 13.0 Å². The number of halogens is 2. The SMILES string of the molecule is O=C1CC(=O)N(CCCCN2CCC3C(C2)c2cc(F)ccc2N3c2ccc(F)cc2)C1. The molecule has 7 heteroatoms. The zero-order chi connectivity index (χ0) is 22.2. The molecule has 0 aromatic heterocycles. The third-order valence-electron chi connectivity index (χ3n) is 6.97. The van der Waals surface area contributed by atoms with E-state index in [1.807, 2.05) is 6.07 Å². The summed E-state index contributed by atoms with van der Waals surface area (Å²) in [5, 5.41) is 0. The predicted octanol–water partition coefficient (Wildman–Crippen LogP) is 3.86. The van der Waals surface area contributed by atoms with Crippen molar-refractivity contribution in [3.8, 4) is 0 Å². The van der Waals surface area contributed by atoms with Crippen molar-refractivity contribution in [2.45, 2.75) is 37.6 Å². The number of benzene rings is 2. The van der Waals surface area contributed by atoms with Gasteiger partial charge in [-0.1, -0.05) is 0 Å². The predicted molar refractivity (Wildman–Crippen MR) is 118 cm³/mol. The van der Waals surface area contributed by atoms with E-state index in [9.17, 15) is 18.4 Å². The fourth-order valence-corrected chi connectivity index (χ4v) is 5.46. The Morgan fingerprint density at radius 3 is 2.44 bits per heavy atom. The molecule has 0 N–H and O–H groups in total. The van der Waals surface area contributed by atoms with E-state index in [2.05, 4.69) is 9.80 Å². The van der Waals surface area contributed by atoms with Gasteiger partial charge in [-0.15, -0.1) is 0 Å². The summed E-state index contributed by atoms with van der Waals surface area (Å²) in [6.45, 7) is 3.60. The van der Waals surface area contributed by atoms with Crippen molar-refractivity contribution in [1.82, 2.24) is 9.80 Å². The van der Waals surface area contributed by atoms with Gasteiger partial charge in [-0.2, -0.15) is 0 Å². The van der Waals surface area contributed by atoms with Crippen LogP contribution in [0.4, 0.5) is 20.2 Å². The summed E-state index contributed by atoms with van der Waals surface area (Å²) >= 11 is 0. The highest BCUT2D eigenvalue weighted by molar-refractivity contribution is 6.05. The van der Waals surface area contributed by atoms with Gasteiger partial charge >= 0.3 is 0 Å². The second kappa shape index (κ2) is 8.62. The van der Waals surface area contributed by atoms with Crippen molar-refractivity contribution >= 4 is 23.1 Å². The van der Waals surface area contributed by atoms with Crippen molar-refractivity contribution in [3.63, 3.8) is 0 Å². The highest BCUT2D eigenvalue weighted by Crippen LogP contribution is 2.48. The van der Waals surface area contributed by atoms with Crippen LogP contribution in [0.5, 0.6) is 0 Å². The van der Waals surface area contributed by atoms with E-state index in [1.54, 1.807) is 23.1 Å². The molecule has 2 unspecified atom stereocenters. The molecule has 2 aromatic rings. The maximum Gasteiger partial charge on any atom is 0.230 e. The van der Waals surface area contributed by atoms with Crippen LogP contribution >= 0.6 is 0 Å². The van der Waals surface area contributed by atoms with Gasteiger partial charge in [0.15, 0.2) is 5.78 Å². The summed E-state index contributed by atoms with van der Waals surface area (Å²) in [6.07, 6.45) is 2.82. The van der Waals surface area contributed by atoms with Gasteiger partial charge in [-0.05, 0) is 73.8 Å². The highest BCUT2D eigenvalue weighted by atomic mass is 19.1. The van der Waals surface area contributed by atoms with Gasteiger partial charge in [0.2, 0.25) is 5.91 Å². The first-order valence-electron chi connectivity index (χ1n) is 11.4. The number of anilines is 2. The van der Waals surface area contributed by atoms with Crippen LogP contribution in [-0.4, -0.2) is 60.3 Å². The number of hydrogen-bond acceptors (Lipinski definition) is 4. The van der Waals surface area contributed by atoms with Crippen LogP contribution in [0, 0.1) is 11.6 Å². The van der Waals surface area contributed by atoms with Gasteiger partial charge in [-0.3, -0.25) is 9.59 Å². The molecule has 5 nitrogen and oxygen atoms in total. The highest BCUT2D eigenvalue weighted by Gasteiger charge is 2.42. The van der Waals surface area contributed by atoms with Crippen LogP contribution < -0.4 is 4.90 Å². The Bertz CT molecular complexity index is 1030. The molecule has 1 amide bonds. The van der Waals surface area contributed by atoms with Gasteiger partial charge in [-0.25, -0.2) is 8.78 Å². The number of Topliss-reactive ketones (excluding diaryl/α,β-unsaturated/α-hetero) is 1. The molecule has 5 rings (SSSR count). The summed E-state index contributed by atoms with van der Waals surface area (Å²) in [6, 6.07) is 11.7. The van der Waals surface area contributed by atoms with Crippen molar-refractivity contribution in [3.05, 3.63) is 59.7 Å². The average Bonchev–Trinajstić information content (AvgIpc) is 3.27. The van der Waals surface area contributed by atoms with Crippen molar-refractivity contribution in [1.29, 1.82) is 0 Å². The van der Waals surface area contributed by atoms with Crippen LogP contribution in [0.2, 0.25) is 0 Å². The molecule has 3 aliphatic heterocycles. The average molecular weight is 440 g/mol. The minimum absolute atomic E-state index is 0.00918. The van der Waals surface area contributed by atoms with E-state index in [4.69, 9.17) is 0 Å². The molecule has 2 atom stereocenters. The maximum absolute atomic E-state index is 14.1. The minimum atomic E-state index is -0.265. The monoisotopic (exact) mass is 439 g/mol. The summed E-state index contributed by atoms with van der Waals surface area (Å²) in [4.78, 5) is 29.5. The third-order valence-corrected chi connectivity index (χ3v) is 6.97. The molecule has 168 valence electrons. The third kappa shape index (κ3) is 4.01. The fourth-order valence-electron chi connectivity index (χ4n) is 5.46. The zero-order valence-corrected chi connectivity index (χ0v) is 18.0. The minimum Gasteiger partial charge on any atom is -0.337 e. The second-order valence-corrected chi connectivity index (χ2v) is 9.05. The number of likely N-dealkylation sites (tertiary alicyclic amines) is 2. The molecule has 0 spiro atoms. The van der Waals surface area contributed by atoms with E-state index in [1.165, 1.54) is 18.2 Å². The van der Waals surface area contributed by atoms with Crippen LogP contribution in [0.1, 0.15) is 37.2 Å². The molecule has 0 saturated carbocycles. The van der Waals surface area contributed by atoms with Gasteiger partial charge in [0, 0.05) is 43.0 Å². The second-order valence-electron chi connectivity index (χ2n) is 9.05. The lowest BCUT2D eigenvalue weighted by atomic mass is 9.89. The fraction of sp³-hybridized carbons (Fsp3) is 0.440. The molecular weight excluding hydrogens is 412 g/mol. The number of piperidine rings is 1. The summed E-state index contributed by atoms with van der Waals surface area (Å²) < 4.78 is 27.6. The Morgan fingerprint density at radius 2 is 1.69 bits per heavy atom. The Hall–Kier alpha value is -2.80. The lowest BCUT2D eigenvalue weighted by Crippen LogP contribution is -2.45. The number of carbonyl (C=O) groups excluding carboxylic acids is 2. The van der Waals surface area contributed by atoms with E-state index in [0.29, 0.717) is 6.54 Å². The van der Waals surface area contributed by atoms with Gasteiger partial charge in [0.1, 0.15) is 11.6 Å². The molecular formula is C25H27F2N3O2. The quantitative estimate of drug-likeness (QED) is 0.507. The molecule has 2 fully saturated rings. The Morgan fingerprint density at radius 1 is 0.938 bits per heavy atom. The molecule has 0 aliphatic carbocycles. The normalized spacial score (nSPS) is 23.1. The van der Waals surface area contributed by atoms with Crippen molar-refractivity contribution in [2.75, 3.05) is 37.6 Å². The first-order chi connectivity index (χ1) is 15.5. The molecule has 2 saturated heterocycles. The van der Waals surface area contributed by atoms with Gasteiger partial charge in [0.25, 0.3) is 0 Å². The van der Waals surface area contributed by atoms with Crippen LogP contribution in [0.3, 0.4) is 0 Å². The van der Waals surface area contributed by atoms with Crippen molar-refractivity contribution in [2.24, 2.45) is 0 Å². The van der Waals surface area contributed by atoms with Crippen LogP contribution in [0.15, 0.2) is 42.5 Å². The van der Waals surface area contributed by atoms with E-state index in [-0.39, 0.29) is 48.3 Å². The Balaban J connectivity index is 1.25. The summed E-state index contributed by atoms with van der Waals surface area (Å²) in [5.41, 5.74) is 2.96. The molecule has 0 bridgehead atoms. The number of rotatable bonds is 6. The Kier molecular flexibility index (Phi) is 5.67. The molecule has 3 heterocycles. The van der Waals surface area contributed by atoms with Gasteiger partial charge < -0.3 is 14.7 Å². The van der Waals surface area contributed by atoms with E-state index < -0.39 is 0 Å². The largest absolute Gasteiger partial charge is 0.337 e. The molecule has 3 aliphatic rings. The topological polar surface area (TPSA) is 43.9 Å². The smallest absolute Gasteiger partial charge is 0.230 e. The molecule has 32 heavy (non-hydrogen) atoms. The number of hydrogen-bond donors (Lipinski definition) is 0. The number of unbranched alkanes of at least 4 members (excludes halogenated alkanes) is 1. The first-order valence-corrected chi connectivity index (χ1v) is 11.4. The number of nitrogens with zero attached hydrogens (tertiary/aromatic N) is 3. The van der Waals surface area contributed by atoms with Crippen molar-refractivity contribution < 1.29 is 18.4 Å². The van der Waals surface area contributed by atoms with E-state index in [0.717, 1.165) is 55.8 Å². The van der Waals surface area contributed by atoms with Crippen LogP contribution in [-0.2, 0) is 9.59 Å². The molecule has 2 aromatic carbocycles. The Labute approximate surface area is 186 Å². The summed E-state index contributed by atoms with van der Waals surface area (Å²) in [5.74, 6) is -0.350. The zero-order valence-electron chi connectivity index (χ0n) is 18.0. The first kappa shape index (κ1) is 21.1. The van der Waals surface area contributed by atoms with Crippen LogP contribution in [0.25, 0.3) is 0 Å². The lowest BCUT2D eigenvalue weighted by Gasteiger charge is -2.39. The standard InChI is InChI=1S/C25H27F2N3O2/c26-17-3-6-19(7-4-17)30-23-8-5-18(27)13-21(23)22-16-28(12-9-24(22)30)10-1-2-11-29-15-20(31)14-25(29)32/h3-8,13,22,24H,1-2,9-12,14-16H2. The number of carbonyl (C=O) groups is 2. The number of amides is 1. The summed E-state index contributed by atoms with van der Waals surface area (Å²) in [7, 11) is 0. The lowest BCUT2D eigenvalue weighted by molar-refractivity contribution is -0.127. The van der Waals surface area contributed by atoms with E-state index >= 15 is 0 Å². The number of ketones is 1. The number of fused-ring (bicyclic) bond motifs is 3. The molecule has 0 radical (unpaired) electrons.